The molecule has 0 aliphatic heterocycles. The number of rotatable bonds is 6. The first kappa shape index (κ1) is 17.0. The first-order chi connectivity index (χ1) is 11.0. The Balaban J connectivity index is 2.52. The van der Waals surface area contributed by atoms with Gasteiger partial charge in [0, 0.05) is 0 Å². The summed E-state index contributed by atoms with van der Waals surface area (Å²) in [6.45, 7) is 3.39. The smallest absolute Gasteiger partial charge is 0.329 e. The molecule has 2 aromatic carbocycles. The lowest BCUT2D eigenvalue weighted by Crippen LogP contribution is -2.44. The summed E-state index contributed by atoms with van der Waals surface area (Å²) in [5.74, 6) is -0.587. The van der Waals surface area contributed by atoms with Gasteiger partial charge in [-0.15, -0.1) is 0 Å². The van der Waals surface area contributed by atoms with E-state index in [-0.39, 0.29) is 11.5 Å². The van der Waals surface area contributed by atoms with Gasteiger partial charge >= 0.3 is 5.97 Å². The Morgan fingerprint density at radius 3 is 2.09 bits per heavy atom. The monoisotopic (exact) mass is 333 g/mol. The van der Waals surface area contributed by atoms with Crippen LogP contribution in [0, 0.1) is 0 Å². The number of carbonyl (C=O) groups excluding carboxylic acids is 1. The maximum absolute atomic E-state index is 13.0. The maximum Gasteiger partial charge on any atom is 0.329 e. The number of benzene rings is 2. The molecular formula is C17H19NO4S. The van der Waals surface area contributed by atoms with Gasteiger partial charge in [-0.05, 0) is 38.1 Å². The van der Waals surface area contributed by atoms with Crippen LogP contribution in [-0.2, 0) is 19.6 Å². The Labute approximate surface area is 136 Å². The Bertz CT molecular complexity index is 745. The molecule has 0 N–H and O–H groups in total. The third kappa shape index (κ3) is 3.71. The van der Waals surface area contributed by atoms with Gasteiger partial charge in [0.1, 0.15) is 6.04 Å². The number of esters is 1. The van der Waals surface area contributed by atoms with Gasteiger partial charge in [-0.3, -0.25) is 4.31 Å². The van der Waals surface area contributed by atoms with Crippen LogP contribution in [0.3, 0.4) is 0 Å². The van der Waals surface area contributed by atoms with E-state index in [1.807, 2.05) is 0 Å². The molecule has 0 bridgehead atoms. The predicted molar refractivity (Wildman–Crippen MR) is 88.6 cm³/mol. The molecule has 0 heterocycles. The Morgan fingerprint density at radius 2 is 1.57 bits per heavy atom. The lowest BCUT2D eigenvalue weighted by atomic mass is 10.2. The summed E-state index contributed by atoms with van der Waals surface area (Å²) < 4.78 is 32.1. The van der Waals surface area contributed by atoms with E-state index in [1.54, 1.807) is 55.5 Å². The molecule has 122 valence electrons. The zero-order valence-electron chi connectivity index (χ0n) is 13.0. The highest BCUT2D eigenvalue weighted by atomic mass is 32.2. The molecule has 1 atom stereocenters. The number of nitrogens with zero attached hydrogens (tertiary/aromatic N) is 1. The number of hydrogen-bond donors (Lipinski definition) is 0. The summed E-state index contributed by atoms with van der Waals surface area (Å²) in [4.78, 5) is 12.2. The molecule has 0 aliphatic rings. The van der Waals surface area contributed by atoms with Gasteiger partial charge < -0.3 is 4.74 Å². The van der Waals surface area contributed by atoms with Gasteiger partial charge in [0.05, 0.1) is 17.2 Å². The summed E-state index contributed by atoms with van der Waals surface area (Å²) >= 11 is 0. The van der Waals surface area contributed by atoms with Crippen LogP contribution in [0.15, 0.2) is 65.6 Å². The standard InChI is InChI=1S/C17H19NO4S/c1-3-22-17(19)14(2)18(15-10-6-4-7-11-15)23(20,21)16-12-8-5-9-13-16/h4-14H,3H2,1-2H3/t14-/m1/s1. The molecule has 0 unspecified atom stereocenters. The van der Waals surface area contributed by atoms with Crippen molar-refractivity contribution in [2.75, 3.05) is 10.9 Å². The van der Waals surface area contributed by atoms with Crippen molar-refractivity contribution in [2.24, 2.45) is 0 Å². The topological polar surface area (TPSA) is 63.7 Å². The number of hydrogen-bond acceptors (Lipinski definition) is 4. The molecule has 0 aliphatic carbocycles. The second-order valence-electron chi connectivity index (χ2n) is 4.88. The first-order valence-corrected chi connectivity index (χ1v) is 8.73. The van der Waals surface area contributed by atoms with Crippen LogP contribution in [0.5, 0.6) is 0 Å². The van der Waals surface area contributed by atoms with Gasteiger partial charge in [0.2, 0.25) is 0 Å². The SMILES string of the molecule is CCOC(=O)[C@@H](C)N(c1ccccc1)S(=O)(=O)c1ccccc1. The highest BCUT2D eigenvalue weighted by Gasteiger charge is 2.33. The highest BCUT2D eigenvalue weighted by Crippen LogP contribution is 2.26. The van der Waals surface area contributed by atoms with Crippen molar-refractivity contribution < 1.29 is 17.9 Å². The minimum atomic E-state index is -3.88. The van der Waals surface area contributed by atoms with E-state index in [2.05, 4.69) is 0 Å². The molecule has 0 saturated carbocycles. The third-order valence-corrected chi connectivity index (χ3v) is 5.20. The van der Waals surface area contributed by atoms with E-state index in [4.69, 9.17) is 4.74 Å². The number of sulfonamides is 1. The van der Waals surface area contributed by atoms with Gasteiger partial charge in [0.25, 0.3) is 10.0 Å². The van der Waals surface area contributed by atoms with Crippen molar-refractivity contribution in [3.05, 3.63) is 60.7 Å². The minimum absolute atomic E-state index is 0.125. The van der Waals surface area contributed by atoms with Crippen molar-refractivity contribution in [2.45, 2.75) is 24.8 Å². The number of ether oxygens (including phenoxy) is 1. The Morgan fingerprint density at radius 1 is 1.04 bits per heavy atom. The van der Waals surface area contributed by atoms with Gasteiger partial charge in [-0.1, -0.05) is 36.4 Å². The predicted octanol–water partition coefficient (Wildman–Crippen LogP) is 2.83. The van der Waals surface area contributed by atoms with Gasteiger partial charge in [-0.25, -0.2) is 13.2 Å². The van der Waals surface area contributed by atoms with Crippen LogP contribution in [-0.4, -0.2) is 27.0 Å². The summed E-state index contributed by atoms with van der Waals surface area (Å²) in [5, 5.41) is 0. The zero-order valence-corrected chi connectivity index (χ0v) is 13.9. The average Bonchev–Trinajstić information content (AvgIpc) is 2.57. The molecule has 0 fully saturated rings. The van der Waals surface area contributed by atoms with Gasteiger partial charge in [0.15, 0.2) is 0 Å². The highest BCUT2D eigenvalue weighted by molar-refractivity contribution is 7.92. The second-order valence-corrected chi connectivity index (χ2v) is 6.69. The van der Waals surface area contributed by atoms with E-state index in [0.717, 1.165) is 4.31 Å². The first-order valence-electron chi connectivity index (χ1n) is 7.29. The number of para-hydroxylation sites is 1. The van der Waals surface area contributed by atoms with Crippen LogP contribution in [0.4, 0.5) is 5.69 Å². The fraction of sp³-hybridized carbons (Fsp3) is 0.235. The van der Waals surface area contributed by atoms with Crippen LogP contribution in [0.25, 0.3) is 0 Å². The van der Waals surface area contributed by atoms with E-state index >= 15 is 0 Å². The average molecular weight is 333 g/mol. The Kier molecular flexibility index (Phi) is 5.39. The second kappa shape index (κ2) is 7.28. The normalized spacial score (nSPS) is 12.4. The number of anilines is 1. The van der Waals surface area contributed by atoms with Crippen LogP contribution in [0.2, 0.25) is 0 Å². The molecule has 2 aromatic rings. The zero-order chi connectivity index (χ0) is 16.9. The number of carbonyl (C=O) groups is 1. The molecule has 0 saturated heterocycles. The van der Waals surface area contributed by atoms with Crippen molar-refractivity contribution in [1.29, 1.82) is 0 Å². The van der Waals surface area contributed by atoms with Crippen LogP contribution >= 0.6 is 0 Å². The molecule has 6 heteroatoms. The summed E-state index contributed by atoms with van der Waals surface area (Å²) in [6, 6.07) is 15.6. The maximum atomic E-state index is 13.0. The molecule has 0 amide bonds. The molecule has 0 aromatic heterocycles. The van der Waals surface area contributed by atoms with E-state index in [0.29, 0.717) is 5.69 Å². The van der Waals surface area contributed by atoms with Crippen molar-refractivity contribution in [3.8, 4) is 0 Å². The lowest BCUT2D eigenvalue weighted by molar-refractivity contribution is -0.144. The lowest BCUT2D eigenvalue weighted by Gasteiger charge is -2.29. The largest absolute Gasteiger partial charge is 0.464 e. The summed E-state index contributed by atoms with van der Waals surface area (Å²) in [6.07, 6.45) is 0. The molecule has 2 rings (SSSR count). The van der Waals surface area contributed by atoms with E-state index in [9.17, 15) is 13.2 Å². The Hall–Kier alpha value is -2.34. The molecular weight excluding hydrogens is 314 g/mol. The van der Waals surface area contributed by atoms with Crippen molar-refractivity contribution >= 4 is 21.7 Å². The molecule has 0 spiro atoms. The quantitative estimate of drug-likeness (QED) is 0.763. The van der Waals surface area contributed by atoms with E-state index < -0.39 is 22.0 Å². The molecule has 0 radical (unpaired) electrons. The third-order valence-electron chi connectivity index (χ3n) is 3.29. The van der Waals surface area contributed by atoms with Crippen molar-refractivity contribution in [3.63, 3.8) is 0 Å². The molecule has 23 heavy (non-hydrogen) atoms. The molecule has 5 nitrogen and oxygen atoms in total. The fourth-order valence-corrected chi connectivity index (χ4v) is 3.84. The van der Waals surface area contributed by atoms with Crippen LogP contribution < -0.4 is 4.31 Å². The summed E-state index contributed by atoms with van der Waals surface area (Å²) in [5.41, 5.74) is 0.414. The van der Waals surface area contributed by atoms with Crippen molar-refractivity contribution in [1.82, 2.24) is 0 Å². The van der Waals surface area contributed by atoms with Gasteiger partial charge in [-0.2, -0.15) is 0 Å². The van der Waals surface area contributed by atoms with E-state index in [1.165, 1.54) is 19.1 Å². The summed E-state index contributed by atoms with van der Waals surface area (Å²) in [7, 11) is -3.88. The minimum Gasteiger partial charge on any atom is -0.464 e. The van der Waals surface area contributed by atoms with Crippen LogP contribution in [0.1, 0.15) is 13.8 Å². The fourth-order valence-electron chi connectivity index (χ4n) is 2.21.